The van der Waals surface area contributed by atoms with Crippen molar-refractivity contribution in [1.82, 2.24) is 0 Å². The molecule has 0 atom stereocenters. The normalized spacial score (nSPS) is 11.4. The van der Waals surface area contributed by atoms with Crippen LogP contribution in [-0.2, 0) is 0 Å². The van der Waals surface area contributed by atoms with Gasteiger partial charge in [0.25, 0.3) is 0 Å². The minimum Gasteiger partial charge on any atom is -0.345 e. The van der Waals surface area contributed by atoms with E-state index in [1.165, 1.54) is 110 Å². The summed E-state index contributed by atoms with van der Waals surface area (Å²) in [5.41, 5.74) is 17.0. The van der Waals surface area contributed by atoms with Gasteiger partial charge in [-0.05, 0) is 146 Å². The van der Waals surface area contributed by atoms with Gasteiger partial charge < -0.3 is 4.90 Å². The number of hydrogen-bond acceptors (Lipinski definition) is 1. The molecule has 0 aliphatic rings. The lowest BCUT2D eigenvalue weighted by Crippen LogP contribution is -2.08. The third-order valence-corrected chi connectivity index (χ3v) is 13.5. The van der Waals surface area contributed by atoms with Crippen LogP contribution in [0.15, 0.2) is 255 Å². The second-order valence-electron chi connectivity index (χ2n) is 17.2. The number of fused-ring (bicyclic) bond motifs is 4. The molecule has 0 N–H and O–H groups in total. The number of rotatable bonds is 8. The minimum atomic E-state index is 1.13. The van der Waals surface area contributed by atoms with Gasteiger partial charge in [-0.3, -0.25) is 0 Å². The maximum absolute atomic E-state index is 2.40. The average molecular weight is 840 g/mol. The van der Waals surface area contributed by atoms with E-state index in [0.29, 0.717) is 0 Å². The molecule has 0 aliphatic carbocycles. The summed E-state index contributed by atoms with van der Waals surface area (Å²) >= 11 is 0. The smallest absolute Gasteiger partial charge is 0.0408 e. The molecule has 66 heavy (non-hydrogen) atoms. The van der Waals surface area contributed by atoms with Crippen LogP contribution in [0.2, 0.25) is 0 Å². The predicted octanol–water partition coefficient (Wildman–Crippen LogP) is 18.1. The van der Waals surface area contributed by atoms with Crippen molar-refractivity contribution in [3.05, 3.63) is 255 Å². The molecule has 0 unspecified atom stereocenters. The van der Waals surface area contributed by atoms with Crippen molar-refractivity contribution in [2.45, 2.75) is 0 Å². The van der Waals surface area contributed by atoms with Crippen molar-refractivity contribution < 1.29 is 0 Å². The molecule has 0 bridgehead atoms. The van der Waals surface area contributed by atoms with E-state index in [1.54, 1.807) is 0 Å². The molecule has 0 amide bonds. The summed E-state index contributed by atoms with van der Waals surface area (Å²) in [6.45, 7) is 0. The molecule has 0 radical (unpaired) electrons. The zero-order valence-electron chi connectivity index (χ0n) is 36.7. The van der Waals surface area contributed by atoms with Gasteiger partial charge in [-0.1, -0.05) is 218 Å². The summed E-state index contributed by atoms with van der Waals surface area (Å²) in [6, 6.07) is 93.1. The summed E-state index contributed by atoms with van der Waals surface area (Å²) in [5, 5.41) is 10.1. The molecular weight excluding hydrogens is 795 g/mol. The molecule has 0 saturated carbocycles. The van der Waals surface area contributed by atoms with Gasteiger partial charge in [0.15, 0.2) is 0 Å². The average Bonchev–Trinajstić information content (AvgIpc) is 3.40. The van der Waals surface area contributed by atoms with E-state index in [4.69, 9.17) is 0 Å². The van der Waals surface area contributed by atoms with Gasteiger partial charge in [-0.2, -0.15) is 0 Å². The zero-order valence-corrected chi connectivity index (χ0v) is 36.7. The van der Waals surface area contributed by atoms with Crippen LogP contribution in [0.4, 0.5) is 11.4 Å². The molecule has 1 nitrogen and oxygen atoms in total. The summed E-state index contributed by atoms with van der Waals surface area (Å²) in [4.78, 5) is 2.27. The number of nitrogens with zero attached hydrogens (tertiary/aromatic N) is 1. The summed E-state index contributed by atoms with van der Waals surface area (Å²) < 4.78 is 0. The zero-order chi connectivity index (χ0) is 44.0. The van der Waals surface area contributed by atoms with Crippen LogP contribution in [0.5, 0.6) is 0 Å². The van der Waals surface area contributed by atoms with E-state index < -0.39 is 0 Å². The molecule has 12 aromatic rings. The molecular formula is C65H45N. The molecule has 0 heterocycles. The van der Waals surface area contributed by atoms with Crippen LogP contribution in [0, 0.1) is 0 Å². The fourth-order valence-corrected chi connectivity index (χ4v) is 10.3. The Balaban J connectivity index is 0.895. The van der Waals surface area contributed by atoms with Crippen LogP contribution in [0.1, 0.15) is 0 Å². The molecule has 0 saturated heterocycles. The van der Waals surface area contributed by atoms with Crippen LogP contribution in [0.25, 0.3) is 110 Å². The summed E-state index contributed by atoms with van der Waals surface area (Å²) in [6.07, 6.45) is 0. The topological polar surface area (TPSA) is 3.24 Å². The first-order valence-corrected chi connectivity index (χ1v) is 22.8. The highest BCUT2D eigenvalue weighted by Crippen LogP contribution is 2.47. The molecule has 0 aromatic heterocycles. The third-order valence-electron chi connectivity index (χ3n) is 13.5. The van der Waals surface area contributed by atoms with Crippen molar-refractivity contribution in [2.75, 3.05) is 11.9 Å². The highest BCUT2D eigenvalue weighted by molar-refractivity contribution is 6.23. The van der Waals surface area contributed by atoms with Crippen LogP contribution >= 0.6 is 0 Å². The monoisotopic (exact) mass is 839 g/mol. The van der Waals surface area contributed by atoms with Gasteiger partial charge in [0.1, 0.15) is 0 Å². The molecule has 0 spiro atoms. The molecule has 310 valence electrons. The molecule has 1 heteroatoms. The summed E-state index contributed by atoms with van der Waals surface area (Å²) in [7, 11) is 2.15. The lowest BCUT2D eigenvalue weighted by molar-refractivity contribution is 1.21. The third kappa shape index (κ3) is 6.81. The Labute approximate surface area is 386 Å². The van der Waals surface area contributed by atoms with E-state index in [1.807, 2.05) is 0 Å². The maximum atomic E-state index is 2.40. The molecule has 12 aromatic carbocycles. The lowest BCUT2D eigenvalue weighted by atomic mass is 9.85. The van der Waals surface area contributed by atoms with Gasteiger partial charge in [0.05, 0.1) is 0 Å². The van der Waals surface area contributed by atoms with Gasteiger partial charge >= 0.3 is 0 Å². The maximum Gasteiger partial charge on any atom is 0.0408 e. The second kappa shape index (κ2) is 16.6. The van der Waals surface area contributed by atoms with Crippen molar-refractivity contribution in [1.29, 1.82) is 0 Å². The fraction of sp³-hybridized carbons (Fsp3) is 0.0154. The van der Waals surface area contributed by atoms with E-state index in [0.717, 1.165) is 11.4 Å². The predicted molar refractivity (Wildman–Crippen MR) is 284 cm³/mol. The Kier molecular flexibility index (Phi) is 9.81. The molecule has 12 rings (SSSR count). The Morgan fingerprint density at radius 1 is 0.197 bits per heavy atom. The molecule has 0 aliphatic heterocycles. The highest BCUT2D eigenvalue weighted by Gasteiger charge is 2.19. The van der Waals surface area contributed by atoms with Gasteiger partial charge in [-0.25, -0.2) is 0 Å². The quantitative estimate of drug-likeness (QED) is 0.138. The first kappa shape index (κ1) is 39.1. The minimum absolute atomic E-state index is 1.13. The molecule has 0 fully saturated rings. The number of anilines is 2. The lowest BCUT2D eigenvalue weighted by Gasteiger charge is -2.21. The first-order valence-electron chi connectivity index (χ1n) is 22.8. The van der Waals surface area contributed by atoms with Crippen molar-refractivity contribution in [3.63, 3.8) is 0 Å². The number of hydrogen-bond donors (Lipinski definition) is 0. The second-order valence-corrected chi connectivity index (χ2v) is 17.2. The Hall–Kier alpha value is -8.52. The first-order chi connectivity index (χ1) is 32.7. The van der Waals surface area contributed by atoms with Crippen molar-refractivity contribution in [2.24, 2.45) is 0 Å². The number of benzene rings is 12. The SMILES string of the molecule is CN(c1ccc(-c2ccc3c(-c4ccccc4)c4ccccc4c(-c4ccccc4)c3c2)cc1)c1ccc(-c2ccc3c(-c4ccccc4)c4ccccc4c(-c4ccccc4)c3c2)cc1. The van der Waals surface area contributed by atoms with Gasteiger partial charge in [0.2, 0.25) is 0 Å². The Morgan fingerprint density at radius 2 is 0.439 bits per heavy atom. The van der Waals surface area contributed by atoms with Gasteiger partial charge in [-0.15, -0.1) is 0 Å². The van der Waals surface area contributed by atoms with Crippen LogP contribution < -0.4 is 4.90 Å². The van der Waals surface area contributed by atoms with E-state index in [2.05, 4.69) is 267 Å². The van der Waals surface area contributed by atoms with Crippen molar-refractivity contribution >= 4 is 54.5 Å². The van der Waals surface area contributed by atoms with E-state index >= 15 is 0 Å². The van der Waals surface area contributed by atoms with Crippen LogP contribution in [0.3, 0.4) is 0 Å². The summed E-state index contributed by atoms with van der Waals surface area (Å²) in [5.74, 6) is 0. The Morgan fingerprint density at radius 3 is 0.742 bits per heavy atom. The van der Waals surface area contributed by atoms with E-state index in [-0.39, 0.29) is 0 Å². The Bertz CT molecular complexity index is 3460. The van der Waals surface area contributed by atoms with Crippen molar-refractivity contribution in [3.8, 4) is 66.8 Å². The highest BCUT2D eigenvalue weighted by atomic mass is 15.1. The van der Waals surface area contributed by atoms with E-state index in [9.17, 15) is 0 Å². The standard InChI is InChI=1S/C65H45N/c1-66(52-36-30-44(31-37-52)50-34-40-58-60(42-50)64(48-22-10-4-11-23-48)56-28-16-14-26-54(56)62(58)46-18-6-2-7-19-46)53-38-32-45(33-39-53)51-35-41-59-61(43-51)65(49-24-12-5-13-25-49)57-29-17-15-27-55(57)63(59)47-20-8-3-9-21-47/h2-43H,1H3. The van der Waals surface area contributed by atoms with Crippen LogP contribution in [-0.4, -0.2) is 7.05 Å². The largest absolute Gasteiger partial charge is 0.345 e. The fourth-order valence-electron chi connectivity index (χ4n) is 10.3. The van der Waals surface area contributed by atoms with Gasteiger partial charge in [0, 0.05) is 18.4 Å².